The SMILES string of the molecule is COc1cccnc1NC(CN)C1CCCCC1. The lowest BCUT2D eigenvalue weighted by Crippen LogP contribution is -2.37. The number of nitrogens with zero attached hydrogens (tertiary/aromatic N) is 1. The Morgan fingerprint density at radius 1 is 1.44 bits per heavy atom. The summed E-state index contributed by atoms with van der Waals surface area (Å²) < 4.78 is 5.31. The van der Waals surface area contributed by atoms with Crippen molar-refractivity contribution in [3.8, 4) is 5.75 Å². The van der Waals surface area contributed by atoms with Crippen molar-refractivity contribution < 1.29 is 4.74 Å². The lowest BCUT2D eigenvalue weighted by Gasteiger charge is -2.30. The van der Waals surface area contributed by atoms with E-state index in [-0.39, 0.29) is 0 Å². The fourth-order valence-corrected chi connectivity index (χ4v) is 2.75. The lowest BCUT2D eigenvalue weighted by molar-refractivity contribution is 0.319. The summed E-state index contributed by atoms with van der Waals surface area (Å²) in [6, 6.07) is 4.10. The molecule has 0 amide bonds. The molecule has 2 rings (SSSR count). The normalized spacial score (nSPS) is 18.3. The molecule has 4 nitrogen and oxygen atoms in total. The molecule has 1 atom stereocenters. The van der Waals surface area contributed by atoms with Gasteiger partial charge in [0.1, 0.15) is 0 Å². The van der Waals surface area contributed by atoms with E-state index in [2.05, 4.69) is 10.3 Å². The molecule has 1 saturated carbocycles. The number of nitrogens with two attached hydrogens (primary N) is 1. The summed E-state index contributed by atoms with van der Waals surface area (Å²) in [5, 5.41) is 3.46. The van der Waals surface area contributed by atoms with Crippen molar-refractivity contribution in [2.75, 3.05) is 19.0 Å². The van der Waals surface area contributed by atoms with Gasteiger partial charge in [-0.05, 0) is 30.9 Å². The average Bonchev–Trinajstić information content (AvgIpc) is 2.46. The van der Waals surface area contributed by atoms with Gasteiger partial charge in [0, 0.05) is 18.8 Å². The minimum atomic E-state index is 0.300. The van der Waals surface area contributed by atoms with E-state index < -0.39 is 0 Å². The minimum absolute atomic E-state index is 0.300. The van der Waals surface area contributed by atoms with Gasteiger partial charge in [0.25, 0.3) is 0 Å². The van der Waals surface area contributed by atoms with Crippen LogP contribution in [0.15, 0.2) is 18.3 Å². The van der Waals surface area contributed by atoms with Gasteiger partial charge in [-0.1, -0.05) is 19.3 Å². The third kappa shape index (κ3) is 3.13. The summed E-state index contributed by atoms with van der Waals surface area (Å²) >= 11 is 0. The lowest BCUT2D eigenvalue weighted by atomic mass is 9.84. The van der Waals surface area contributed by atoms with Crippen molar-refractivity contribution in [2.24, 2.45) is 11.7 Å². The molecule has 0 saturated heterocycles. The first-order valence-electron chi connectivity index (χ1n) is 6.80. The monoisotopic (exact) mass is 249 g/mol. The first-order valence-corrected chi connectivity index (χ1v) is 6.80. The van der Waals surface area contributed by atoms with E-state index in [0.29, 0.717) is 18.5 Å². The van der Waals surface area contributed by atoms with E-state index in [0.717, 1.165) is 11.6 Å². The van der Waals surface area contributed by atoms with Crippen LogP contribution in [0.3, 0.4) is 0 Å². The first kappa shape index (κ1) is 13.1. The topological polar surface area (TPSA) is 60.2 Å². The molecule has 1 heterocycles. The van der Waals surface area contributed by atoms with E-state index in [1.54, 1.807) is 13.3 Å². The smallest absolute Gasteiger partial charge is 0.169 e. The predicted octanol–water partition coefficient (Wildman–Crippen LogP) is 2.41. The van der Waals surface area contributed by atoms with Gasteiger partial charge in [-0.15, -0.1) is 0 Å². The Kier molecular flexibility index (Phi) is 4.81. The Balaban J connectivity index is 2.04. The highest BCUT2D eigenvalue weighted by Crippen LogP contribution is 2.29. The number of aromatic nitrogens is 1. The van der Waals surface area contributed by atoms with Gasteiger partial charge in [0.05, 0.1) is 7.11 Å². The van der Waals surface area contributed by atoms with E-state index >= 15 is 0 Å². The van der Waals surface area contributed by atoms with Crippen molar-refractivity contribution in [2.45, 2.75) is 38.1 Å². The summed E-state index contributed by atoms with van der Waals surface area (Å²) in [4.78, 5) is 4.34. The van der Waals surface area contributed by atoms with Gasteiger partial charge in [0.15, 0.2) is 11.6 Å². The van der Waals surface area contributed by atoms with Crippen LogP contribution < -0.4 is 15.8 Å². The molecule has 100 valence electrons. The highest BCUT2D eigenvalue weighted by Gasteiger charge is 2.23. The minimum Gasteiger partial charge on any atom is -0.493 e. The molecular formula is C14H23N3O. The number of nitrogens with one attached hydrogen (secondary N) is 1. The molecule has 1 aromatic rings. The van der Waals surface area contributed by atoms with Gasteiger partial charge in [0.2, 0.25) is 0 Å². The Hall–Kier alpha value is -1.29. The molecule has 1 aliphatic rings. The van der Waals surface area contributed by atoms with E-state index in [4.69, 9.17) is 10.5 Å². The number of hydrogen-bond acceptors (Lipinski definition) is 4. The fourth-order valence-electron chi connectivity index (χ4n) is 2.75. The number of methoxy groups -OCH3 is 1. The van der Waals surface area contributed by atoms with E-state index in [1.165, 1.54) is 32.1 Å². The number of rotatable bonds is 5. The van der Waals surface area contributed by atoms with E-state index in [1.807, 2.05) is 12.1 Å². The maximum atomic E-state index is 5.91. The third-order valence-corrected chi connectivity index (χ3v) is 3.79. The molecule has 1 aromatic heterocycles. The van der Waals surface area contributed by atoms with Crippen LogP contribution in [0.2, 0.25) is 0 Å². The second kappa shape index (κ2) is 6.59. The summed E-state index contributed by atoms with van der Waals surface area (Å²) in [6.07, 6.45) is 8.32. The molecular weight excluding hydrogens is 226 g/mol. The fraction of sp³-hybridized carbons (Fsp3) is 0.643. The van der Waals surface area contributed by atoms with Gasteiger partial charge >= 0.3 is 0 Å². The van der Waals surface area contributed by atoms with Gasteiger partial charge < -0.3 is 15.8 Å². The summed E-state index contributed by atoms with van der Waals surface area (Å²) in [7, 11) is 1.67. The van der Waals surface area contributed by atoms with Gasteiger partial charge in [-0.2, -0.15) is 0 Å². The van der Waals surface area contributed by atoms with Crippen molar-refractivity contribution in [3.05, 3.63) is 18.3 Å². The average molecular weight is 249 g/mol. The van der Waals surface area contributed by atoms with Crippen LogP contribution in [0.1, 0.15) is 32.1 Å². The van der Waals surface area contributed by atoms with Crippen LogP contribution in [0, 0.1) is 5.92 Å². The Morgan fingerprint density at radius 3 is 2.89 bits per heavy atom. The van der Waals surface area contributed by atoms with Crippen LogP contribution >= 0.6 is 0 Å². The van der Waals surface area contributed by atoms with Crippen molar-refractivity contribution in [1.29, 1.82) is 0 Å². The molecule has 0 bridgehead atoms. The number of ether oxygens (including phenoxy) is 1. The highest BCUT2D eigenvalue weighted by molar-refractivity contribution is 5.50. The maximum absolute atomic E-state index is 5.91. The zero-order chi connectivity index (χ0) is 12.8. The van der Waals surface area contributed by atoms with Crippen molar-refractivity contribution in [1.82, 2.24) is 4.98 Å². The maximum Gasteiger partial charge on any atom is 0.169 e. The number of pyridine rings is 1. The third-order valence-electron chi connectivity index (χ3n) is 3.79. The van der Waals surface area contributed by atoms with Crippen molar-refractivity contribution in [3.63, 3.8) is 0 Å². The Bertz CT molecular complexity index is 364. The molecule has 0 aliphatic heterocycles. The van der Waals surface area contributed by atoms with Gasteiger partial charge in [-0.25, -0.2) is 4.98 Å². The van der Waals surface area contributed by atoms with Crippen LogP contribution in [0.4, 0.5) is 5.82 Å². The molecule has 18 heavy (non-hydrogen) atoms. The summed E-state index contributed by atoms with van der Waals surface area (Å²) in [5.41, 5.74) is 5.91. The van der Waals surface area contributed by atoms with Crippen LogP contribution in [0.25, 0.3) is 0 Å². The molecule has 0 aromatic carbocycles. The molecule has 1 fully saturated rings. The molecule has 0 radical (unpaired) electrons. The number of anilines is 1. The van der Waals surface area contributed by atoms with Crippen LogP contribution in [-0.4, -0.2) is 24.7 Å². The van der Waals surface area contributed by atoms with Crippen molar-refractivity contribution >= 4 is 5.82 Å². The quantitative estimate of drug-likeness (QED) is 0.841. The summed E-state index contributed by atoms with van der Waals surface area (Å²) in [6.45, 7) is 0.643. The van der Waals surface area contributed by atoms with Gasteiger partial charge in [-0.3, -0.25) is 0 Å². The second-order valence-corrected chi connectivity index (χ2v) is 4.94. The predicted molar refractivity (Wildman–Crippen MR) is 73.8 cm³/mol. The molecule has 3 N–H and O–H groups in total. The largest absolute Gasteiger partial charge is 0.493 e. The highest BCUT2D eigenvalue weighted by atomic mass is 16.5. The number of hydrogen-bond donors (Lipinski definition) is 2. The standard InChI is InChI=1S/C14H23N3O/c1-18-13-8-5-9-16-14(13)17-12(10-15)11-6-3-2-4-7-11/h5,8-9,11-12H,2-4,6-7,10,15H2,1H3,(H,16,17). The summed E-state index contributed by atoms with van der Waals surface area (Å²) in [5.74, 6) is 2.25. The zero-order valence-corrected chi connectivity index (χ0v) is 11.1. The molecule has 1 aliphatic carbocycles. The second-order valence-electron chi connectivity index (χ2n) is 4.94. The Labute approximate surface area is 109 Å². The molecule has 4 heteroatoms. The van der Waals surface area contributed by atoms with Crippen LogP contribution in [-0.2, 0) is 0 Å². The molecule has 1 unspecified atom stereocenters. The first-order chi connectivity index (χ1) is 8.85. The van der Waals surface area contributed by atoms with E-state index in [9.17, 15) is 0 Å². The Morgan fingerprint density at radius 2 is 2.22 bits per heavy atom. The molecule has 0 spiro atoms. The zero-order valence-electron chi connectivity index (χ0n) is 11.1. The van der Waals surface area contributed by atoms with Crippen LogP contribution in [0.5, 0.6) is 5.75 Å².